The van der Waals surface area contributed by atoms with Crippen LogP contribution >= 0.6 is 0 Å². The number of benzene rings is 3. The van der Waals surface area contributed by atoms with E-state index in [1.807, 2.05) is 65.5 Å². The molecule has 0 radical (unpaired) electrons. The normalized spacial score (nSPS) is 11.0. The third-order valence-corrected chi connectivity index (χ3v) is 6.17. The van der Waals surface area contributed by atoms with Gasteiger partial charge in [0.2, 0.25) is 0 Å². The van der Waals surface area contributed by atoms with E-state index >= 15 is 0 Å². The maximum atomic E-state index is 13.5. The zero-order valence-electron chi connectivity index (χ0n) is 21.1. The average molecular weight is 510 g/mol. The molecule has 0 spiro atoms. The molecule has 0 atom stereocenters. The van der Waals surface area contributed by atoms with E-state index < -0.39 is 0 Å². The fourth-order valence-electron chi connectivity index (χ4n) is 4.27. The van der Waals surface area contributed by atoms with Gasteiger partial charge in [0.15, 0.2) is 0 Å². The lowest BCUT2D eigenvalue weighted by molar-refractivity contribution is -0.143. The second-order valence-corrected chi connectivity index (χ2v) is 8.94. The van der Waals surface area contributed by atoms with Crippen LogP contribution < -0.4 is 4.74 Å². The maximum absolute atomic E-state index is 13.5. The van der Waals surface area contributed by atoms with Crippen molar-refractivity contribution in [1.82, 2.24) is 14.8 Å². The van der Waals surface area contributed by atoms with Crippen molar-refractivity contribution in [2.75, 3.05) is 6.61 Å². The number of para-hydroxylation sites is 1. The Hall–Kier alpha value is -4.52. The van der Waals surface area contributed by atoms with E-state index in [-0.39, 0.29) is 18.2 Å². The molecule has 38 heavy (non-hydrogen) atoms. The van der Waals surface area contributed by atoms with Crippen molar-refractivity contribution in [1.29, 1.82) is 0 Å². The number of fused-ring (bicyclic) bond motifs is 1. The number of hydrogen-bond donors (Lipinski definition) is 0. The summed E-state index contributed by atoms with van der Waals surface area (Å²) in [6, 6.07) is 26.1. The standard InChI is InChI=1S/C31H28FN3O3/c1-2-37-30(36)18-12-25-20-35(34-31(25)24-9-13-26(32)14-10-24)19-22-7-16-28(17-8-22)38-21-27-15-11-23-5-3-4-6-29(23)33-27/h3-11,13-17,20H,2,12,18-19,21H2,1H3. The number of rotatable bonds is 10. The lowest BCUT2D eigenvalue weighted by Crippen LogP contribution is -2.05. The molecule has 0 unspecified atom stereocenters. The summed E-state index contributed by atoms with van der Waals surface area (Å²) >= 11 is 0. The van der Waals surface area contributed by atoms with Gasteiger partial charge in [0.25, 0.3) is 0 Å². The van der Waals surface area contributed by atoms with E-state index in [1.54, 1.807) is 19.1 Å². The van der Waals surface area contributed by atoms with Gasteiger partial charge in [-0.3, -0.25) is 9.48 Å². The lowest BCUT2D eigenvalue weighted by atomic mass is 10.0. The Bertz CT molecular complexity index is 1530. The summed E-state index contributed by atoms with van der Waals surface area (Å²) in [5.41, 5.74) is 5.31. The SMILES string of the molecule is CCOC(=O)CCc1cn(Cc2ccc(OCc3ccc4ccccc4n3)cc2)nc1-c1ccc(F)cc1. The highest BCUT2D eigenvalue weighted by Gasteiger charge is 2.14. The minimum Gasteiger partial charge on any atom is -0.487 e. The summed E-state index contributed by atoms with van der Waals surface area (Å²) in [6.45, 7) is 3.06. The van der Waals surface area contributed by atoms with Crippen LogP contribution in [0.2, 0.25) is 0 Å². The van der Waals surface area contributed by atoms with Crippen molar-refractivity contribution in [2.45, 2.75) is 32.9 Å². The largest absolute Gasteiger partial charge is 0.487 e. The highest BCUT2D eigenvalue weighted by atomic mass is 19.1. The van der Waals surface area contributed by atoms with Gasteiger partial charge >= 0.3 is 5.97 Å². The Morgan fingerprint density at radius 3 is 2.53 bits per heavy atom. The van der Waals surface area contributed by atoms with Crippen LogP contribution in [0.5, 0.6) is 5.75 Å². The number of aryl methyl sites for hydroxylation is 1. The molecular formula is C31H28FN3O3. The summed E-state index contributed by atoms with van der Waals surface area (Å²) in [7, 11) is 0. The topological polar surface area (TPSA) is 66.2 Å². The molecule has 0 amide bonds. The molecule has 0 aliphatic rings. The number of halogens is 1. The van der Waals surface area contributed by atoms with Gasteiger partial charge in [0.05, 0.1) is 30.1 Å². The number of ether oxygens (including phenoxy) is 2. The molecule has 0 aliphatic heterocycles. The zero-order chi connectivity index (χ0) is 26.3. The van der Waals surface area contributed by atoms with Gasteiger partial charge in [-0.1, -0.05) is 36.4 Å². The fraction of sp³-hybridized carbons (Fsp3) is 0.194. The number of pyridine rings is 1. The Kier molecular flexibility index (Phi) is 7.73. The highest BCUT2D eigenvalue weighted by Crippen LogP contribution is 2.25. The highest BCUT2D eigenvalue weighted by molar-refractivity contribution is 5.78. The number of nitrogens with zero attached hydrogens (tertiary/aromatic N) is 3. The molecule has 0 aliphatic carbocycles. The summed E-state index contributed by atoms with van der Waals surface area (Å²) in [5.74, 6) is 0.200. The van der Waals surface area contributed by atoms with Crippen LogP contribution in [-0.4, -0.2) is 27.3 Å². The molecule has 0 saturated heterocycles. The quantitative estimate of drug-likeness (QED) is 0.205. The zero-order valence-corrected chi connectivity index (χ0v) is 21.1. The first kappa shape index (κ1) is 25.1. The van der Waals surface area contributed by atoms with Crippen molar-refractivity contribution >= 4 is 16.9 Å². The number of esters is 1. The maximum Gasteiger partial charge on any atom is 0.306 e. The number of hydrogen-bond acceptors (Lipinski definition) is 5. The fourth-order valence-corrected chi connectivity index (χ4v) is 4.27. The monoisotopic (exact) mass is 509 g/mol. The van der Waals surface area contributed by atoms with E-state index in [9.17, 15) is 9.18 Å². The van der Waals surface area contributed by atoms with Gasteiger partial charge in [0, 0.05) is 23.6 Å². The van der Waals surface area contributed by atoms with Gasteiger partial charge in [-0.15, -0.1) is 0 Å². The molecule has 2 heterocycles. The summed E-state index contributed by atoms with van der Waals surface area (Å²) in [4.78, 5) is 16.6. The van der Waals surface area contributed by atoms with E-state index in [1.165, 1.54) is 12.1 Å². The van der Waals surface area contributed by atoms with Gasteiger partial charge in [-0.05, 0) is 73.0 Å². The Labute approximate surface area is 220 Å². The van der Waals surface area contributed by atoms with Crippen LogP contribution in [0.1, 0.15) is 30.2 Å². The van der Waals surface area contributed by atoms with Gasteiger partial charge in [0.1, 0.15) is 18.2 Å². The van der Waals surface area contributed by atoms with E-state index in [2.05, 4.69) is 11.1 Å². The molecule has 6 nitrogen and oxygen atoms in total. The van der Waals surface area contributed by atoms with Crippen LogP contribution in [-0.2, 0) is 29.1 Å². The second-order valence-electron chi connectivity index (χ2n) is 8.94. The molecule has 2 aromatic heterocycles. The number of aromatic nitrogens is 3. The molecule has 192 valence electrons. The first-order chi connectivity index (χ1) is 18.6. The van der Waals surface area contributed by atoms with Crippen LogP contribution in [0.15, 0.2) is 91.1 Å². The summed E-state index contributed by atoms with van der Waals surface area (Å²) in [6.07, 6.45) is 2.68. The minimum atomic E-state index is -0.306. The minimum absolute atomic E-state index is 0.250. The van der Waals surface area contributed by atoms with Crippen molar-refractivity contribution < 1.29 is 18.7 Å². The lowest BCUT2D eigenvalue weighted by Gasteiger charge is -2.08. The molecular weight excluding hydrogens is 481 g/mol. The smallest absolute Gasteiger partial charge is 0.306 e. The van der Waals surface area contributed by atoms with Gasteiger partial charge in [-0.25, -0.2) is 9.37 Å². The van der Waals surface area contributed by atoms with Crippen molar-refractivity contribution in [2.24, 2.45) is 0 Å². The average Bonchev–Trinajstić information content (AvgIpc) is 3.34. The molecule has 0 N–H and O–H groups in total. The van der Waals surface area contributed by atoms with Crippen molar-refractivity contribution in [3.8, 4) is 17.0 Å². The third-order valence-electron chi connectivity index (χ3n) is 6.17. The third kappa shape index (κ3) is 6.24. The Balaban J connectivity index is 1.26. The molecule has 5 aromatic rings. The van der Waals surface area contributed by atoms with Crippen LogP contribution in [0.25, 0.3) is 22.2 Å². The molecule has 5 rings (SSSR count). The van der Waals surface area contributed by atoms with Crippen LogP contribution in [0, 0.1) is 5.82 Å². The van der Waals surface area contributed by atoms with E-state index in [0.717, 1.165) is 44.7 Å². The summed E-state index contributed by atoms with van der Waals surface area (Å²) < 4.78 is 26.3. The predicted molar refractivity (Wildman–Crippen MR) is 144 cm³/mol. The number of carbonyl (C=O) groups excluding carboxylic acids is 1. The molecule has 0 saturated carbocycles. The Morgan fingerprint density at radius 1 is 0.947 bits per heavy atom. The molecule has 7 heteroatoms. The second kappa shape index (κ2) is 11.7. The first-order valence-electron chi connectivity index (χ1n) is 12.6. The first-order valence-corrected chi connectivity index (χ1v) is 12.6. The van der Waals surface area contributed by atoms with E-state index in [0.29, 0.717) is 26.2 Å². The van der Waals surface area contributed by atoms with Crippen LogP contribution in [0.3, 0.4) is 0 Å². The van der Waals surface area contributed by atoms with Crippen LogP contribution in [0.4, 0.5) is 4.39 Å². The van der Waals surface area contributed by atoms with Gasteiger partial charge in [-0.2, -0.15) is 5.10 Å². The molecule has 0 fully saturated rings. The van der Waals surface area contributed by atoms with Crippen molar-refractivity contribution in [3.05, 3.63) is 114 Å². The Morgan fingerprint density at radius 2 is 1.74 bits per heavy atom. The predicted octanol–water partition coefficient (Wildman–Crippen LogP) is 6.36. The molecule has 3 aromatic carbocycles. The number of carbonyl (C=O) groups is 1. The van der Waals surface area contributed by atoms with Crippen molar-refractivity contribution in [3.63, 3.8) is 0 Å². The van der Waals surface area contributed by atoms with E-state index in [4.69, 9.17) is 14.6 Å². The molecule has 0 bridgehead atoms. The van der Waals surface area contributed by atoms with Gasteiger partial charge < -0.3 is 9.47 Å². The summed E-state index contributed by atoms with van der Waals surface area (Å²) in [5, 5.41) is 5.86.